The van der Waals surface area contributed by atoms with E-state index in [1.165, 1.54) is 19.4 Å². The van der Waals surface area contributed by atoms with Crippen molar-refractivity contribution in [2.45, 2.75) is 19.8 Å². The second kappa shape index (κ2) is 8.81. The first-order chi connectivity index (χ1) is 14.3. The summed E-state index contributed by atoms with van der Waals surface area (Å²) in [5, 5.41) is 2.54. The van der Waals surface area contributed by atoms with Gasteiger partial charge in [-0.25, -0.2) is 9.37 Å². The Balaban J connectivity index is 1.70. The number of hydrogen-bond donors (Lipinski definition) is 1. The largest absolute Gasteiger partial charge is 0.357 e. The zero-order chi connectivity index (χ0) is 21.8. The average Bonchev–Trinajstić information content (AvgIpc) is 2.93. The Kier molecular flexibility index (Phi) is 6.20. The van der Waals surface area contributed by atoms with E-state index in [-0.39, 0.29) is 24.0 Å². The number of nitrogens with zero attached hydrogens (tertiary/aromatic N) is 4. The molecule has 0 spiro atoms. The zero-order valence-corrected chi connectivity index (χ0v) is 16.8. The molecule has 156 valence electrons. The fourth-order valence-corrected chi connectivity index (χ4v) is 3.44. The molecule has 0 atom stereocenters. The normalized spacial score (nSPS) is 17.1. The van der Waals surface area contributed by atoms with Crippen LogP contribution in [0.25, 0.3) is 5.57 Å². The molecule has 0 bridgehead atoms. The lowest BCUT2D eigenvalue weighted by Crippen LogP contribution is -2.38. The van der Waals surface area contributed by atoms with Gasteiger partial charge in [0.15, 0.2) is 0 Å². The molecule has 0 radical (unpaired) electrons. The summed E-state index contributed by atoms with van der Waals surface area (Å²) in [7, 11) is 1.43. The molecular weight excluding hydrogens is 389 g/mol. The number of aliphatic imine (C=N–C) groups is 1. The maximum Gasteiger partial charge on any atom is 0.277 e. The predicted octanol–water partition coefficient (Wildman–Crippen LogP) is 2.13. The number of pyridine rings is 1. The molecule has 0 aromatic carbocycles. The molecule has 2 aliphatic rings. The highest BCUT2D eigenvalue weighted by molar-refractivity contribution is 6.19. The number of carbonyl (C=O) groups excluding carboxylic acids is 3. The molecule has 1 aromatic heterocycles. The lowest BCUT2D eigenvalue weighted by molar-refractivity contribution is -0.136. The highest BCUT2D eigenvalue weighted by Crippen LogP contribution is 2.30. The van der Waals surface area contributed by atoms with Gasteiger partial charge in [-0.2, -0.15) is 0 Å². The van der Waals surface area contributed by atoms with Gasteiger partial charge in [0.25, 0.3) is 11.8 Å². The molecule has 1 aromatic rings. The van der Waals surface area contributed by atoms with Crippen molar-refractivity contribution in [3.63, 3.8) is 0 Å². The molecule has 3 rings (SSSR count). The van der Waals surface area contributed by atoms with Crippen LogP contribution in [0.3, 0.4) is 0 Å². The van der Waals surface area contributed by atoms with Crippen LogP contribution in [-0.4, -0.2) is 59.4 Å². The first kappa shape index (κ1) is 21.1. The number of likely N-dealkylation sites (N-methyl/N-ethyl adjacent to an activating group) is 1. The highest BCUT2D eigenvalue weighted by atomic mass is 19.1. The van der Waals surface area contributed by atoms with Gasteiger partial charge in [-0.15, -0.1) is 0 Å². The number of halogens is 1. The number of rotatable bonds is 6. The maximum atomic E-state index is 14.4. The monoisotopic (exact) mass is 411 g/mol. The molecule has 1 N–H and O–H groups in total. The minimum atomic E-state index is -0.532. The number of amides is 3. The number of imide groups is 1. The molecule has 0 unspecified atom stereocenters. The van der Waals surface area contributed by atoms with Gasteiger partial charge in [0.05, 0.1) is 6.54 Å². The van der Waals surface area contributed by atoms with Crippen LogP contribution in [0.15, 0.2) is 46.9 Å². The Bertz CT molecular complexity index is 1010. The lowest BCUT2D eigenvalue weighted by Gasteiger charge is -2.28. The van der Waals surface area contributed by atoms with Crippen molar-refractivity contribution in [2.75, 3.05) is 25.5 Å². The van der Waals surface area contributed by atoms with Gasteiger partial charge in [-0.3, -0.25) is 24.3 Å². The molecule has 0 fully saturated rings. The Labute approximate surface area is 173 Å². The van der Waals surface area contributed by atoms with E-state index >= 15 is 0 Å². The van der Waals surface area contributed by atoms with Crippen molar-refractivity contribution in [2.24, 2.45) is 4.99 Å². The molecule has 30 heavy (non-hydrogen) atoms. The minimum Gasteiger partial charge on any atom is -0.357 e. The summed E-state index contributed by atoms with van der Waals surface area (Å²) in [6.45, 7) is 5.40. The first-order valence-electron chi connectivity index (χ1n) is 9.39. The lowest BCUT2D eigenvalue weighted by atomic mass is 10.0. The fraction of sp³-hybridized carbons (Fsp3) is 0.286. The Morgan fingerprint density at radius 2 is 2.17 bits per heavy atom. The van der Waals surface area contributed by atoms with Crippen LogP contribution in [0.5, 0.6) is 0 Å². The summed E-state index contributed by atoms with van der Waals surface area (Å²) in [6.07, 6.45) is 7.30. The van der Waals surface area contributed by atoms with Crippen LogP contribution in [0, 0.1) is 5.82 Å². The standard InChI is InChI=1S/C21H22FN5O3/c1-13(6-4-8-23-2)15-11-24-17(10-16(15)22)25-18(28)12-27-9-5-7-14-19(27)21(30)26(3)20(14)29/h4,6,8,10-11H,2,5,7,9,12H2,1,3H3,(H,24,25,28)/b8-4-,13-6+. The first-order valence-corrected chi connectivity index (χ1v) is 9.39. The number of nitrogens with one attached hydrogen (secondary N) is 1. The average molecular weight is 411 g/mol. The molecule has 2 aliphatic heterocycles. The van der Waals surface area contributed by atoms with Crippen molar-refractivity contribution in [1.29, 1.82) is 0 Å². The molecule has 3 heterocycles. The molecule has 0 saturated carbocycles. The van der Waals surface area contributed by atoms with Crippen molar-refractivity contribution in [3.05, 3.63) is 53.3 Å². The topological polar surface area (TPSA) is 95.0 Å². The van der Waals surface area contributed by atoms with Crippen LogP contribution in [0.4, 0.5) is 10.2 Å². The number of carbonyl (C=O) groups is 3. The van der Waals surface area contributed by atoms with Gasteiger partial charge < -0.3 is 10.2 Å². The van der Waals surface area contributed by atoms with Crippen LogP contribution >= 0.6 is 0 Å². The second-order valence-corrected chi connectivity index (χ2v) is 6.99. The third kappa shape index (κ3) is 4.19. The predicted molar refractivity (Wildman–Crippen MR) is 111 cm³/mol. The number of allylic oxidation sites excluding steroid dienone is 3. The zero-order valence-electron chi connectivity index (χ0n) is 16.8. The van der Waals surface area contributed by atoms with Crippen LogP contribution in [0.2, 0.25) is 0 Å². The summed E-state index contributed by atoms with van der Waals surface area (Å²) in [5.74, 6) is -1.64. The molecule has 0 aliphatic carbocycles. The van der Waals surface area contributed by atoms with E-state index in [1.54, 1.807) is 24.0 Å². The van der Waals surface area contributed by atoms with E-state index in [0.29, 0.717) is 36.1 Å². The highest BCUT2D eigenvalue weighted by Gasteiger charge is 2.40. The van der Waals surface area contributed by atoms with E-state index in [0.717, 1.165) is 11.0 Å². The van der Waals surface area contributed by atoms with E-state index < -0.39 is 17.6 Å². The number of aromatic nitrogens is 1. The van der Waals surface area contributed by atoms with Gasteiger partial charge in [0, 0.05) is 43.2 Å². The van der Waals surface area contributed by atoms with Crippen LogP contribution < -0.4 is 5.32 Å². The molecular formula is C21H22FN5O3. The fourth-order valence-electron chi connectivity index (χ4n) is 3.44. The van der Waals surface area contributed by atoms with Gasteiger partial charge in [0.1, 0.15) is 17.3 Å². The van der Waals surface area contributed by atoms with Gasteiger partial charge in [-0.05, 0) is 38.1 Å². The second-order valence-electron chi connectivity index (χ2n) is 6.99. The summed E-state index contributed by atoms with van der Waals surface area (Å²) in [5.41, 5.74) is 1.66. The van der Waals surface area contributed by atoms with Crippen molar-refractivity contribution < 1.29 is 18.8 Å². The van der Waals surface area contributed by atoms with E-state index in [9.17, 15) is 18.8 Å². The maximum absolute atomic E-state index is 14.4. The molecule has 3 amide bonds. The van der Waals surface area contributed by atoms with E-state index in [4.69, 9.17) is 0 Å². The number of hydrogen-bond acceptors (Lipinski definition) is 6. The third-order valence-electron chi connectivity index (χ3n) is 4.94. The SMILES string of the molecule is C=N/C=C\C=C(/C)c1cnc(NC(=O)CN2CCCC3=C2C(=O)N(C)C3=O)cc1F. The van der Waals surface area contributed by atoms with Gasteiger partial charge in [0.2, 0.25) is 5.91 Å². The van der Waals surface area contributed by atoms with Gasteiger partial charge in [-0.1, -0.05) is 6.08 Å². The quantitative estimate of drug-likeness (QED) is 0.440. The van der Waals surface area contributed by atoms with Crippen LogP contribution in [-0.2, 0) is 14.4 Å². The number of anilines is 1. The third-order valence-corrected chi connectivity index (χ3v) is 4.94. The summed E-state index contributed by atoms with van der Waals surface area (Å²) >= 11 is 0. The smallest absolute Gasteiger partial charge is 0.277 e. The van der Waals surface area contributed by atoms with Crippen molar-refractivity contribution >= 4 is 35.8 Å². The van der Waals surface area contributed by atoms with Gasteiger partial charge >= 0.3 is 0 Å². The van der Waals surface area contributed by atoms with E-state index in [2.05, 4.69) is 22.0 Å². The summed E-state index contributed by atoms with van der Waals surface area (Å²) in [4.78, 5) is 47.2. The molecule has 0 saturated heterocycles. The Hall–Kier alpha value is -3.62. The van der Waals surface area contributed by atoms with Crippen LogP contribution in [0.1, 0.15) is 25.3 Å². The molecule has 8 nitrogen and oxygen atoms in total. The summed E-state index contributed by atoms with van der Waals surface area (Å²) < 4.78 is 14.4. The minimum absolute atomic E-state index is 0.0644. The van der Waals surface area contributed by atoms with Crippen molar-refractivity contribution in [1.82, 2.24) is 14.8 Å². The Morgan fingerprint density at radius 3 is 2.87 bits per heavy atom. The Morgan fingerprint density at radius 1 is 1.40 bits per heavy atom. The van der Waals surface area contributed by atoms with Crippen molar-refractivity contribution in [3.8, 4) is 0 Å². The summed E-state index contributed by atoms with van der Waals surface area (Å²) in [6, 6.07) is 1.14. The van der Waals surface area contributed by atoms with E-state index in [1.807, 2.05) is 0 Å². The molecule has 9 heteroatoms.